The fourth-order valence-electron chi connectivity index (χ4n) is 1.73. The number of methoxy groups -OCH3 is 1. The van der Waals surface area contributed by atoms with Crippen molar-refractivity contribution >= 4 is 27.8 Å². The molecule has 0 saturated carbocycles. The van der Waals surface area contributed by atoms with Crippen LogP contribution < -0.4 is 9.47 Å². The zero-order valence-corrected chi connectivity index (χ0v) is 13.1. The molecule has 0 bridgehead atoms. The van der Waals surface area contributed by atoms with E-state index in [1.54, 1.807) is 13.3 Å². The Bertz CT molecular complexity index is 675. The molecule has 0 radical (unpaired) electrons. The van der Waals surface area contributed by atoms with E-state index in [4.69, 9.17) is 15.9 Å². The Kier molecular flexibility index (Phi) is 5.42. The van der Waals surface area contributed by atoms with E-state index in [0.717, 1.165) is 15.7 Å². The third-order valence-electron chi connectivity index (χ3n) is 2.67. The second-order valence-corrected chi connectivity index (χ2v) is 4.97. The molecular formula is C17H14BrNO2. The minimum Gasteiger partial charge on any atom is -0.493 e. The SMILES string of the molecule is C#CCOc1c(Br)cc(C=Nc2ccccc2)cc1OC. The highest BCUT2D eigenvalue weighted by atomic mass is 79.9. The molecular weight excluding hydrogens is 330 g/mol. The molecule has 2 aromatic carbocycles. The van der Waals surface area contributed by atoms with Crippen molar-refractivity contribution in [3.8, 4) is 23.8 Å². The second-order valence-electron chi connectivity index (χ2n) is 4.12. The van der Waals surface area contributed by atoms with Crippen molar-refractivity contribution in [1.82, 2.24) is 0 Å². The van der Waals surface area contributed by atoms with E-state index in [2.05, 4.69) is 26.8 Å². The van der Waals surface area contributed by atoms with Crippen molar-refractivity contribution in [3.63, 3.8) is 0 Å². The van der Waals surface area contributed by atoms with Crippen LogP contribution in [0.1, 0.15) is 5.56 Å². The molecule has 0 aliphatic heterocycles. The van der Waals surface area contributed by atoms with E-state index < -0.39 is 0 Å². The second kappa shape index (κ2) is 7.51. The van der Waals surface area contributed by atoms with E-state index in [0.29, 0.717) is 11.5 Å². The maximum absolute atomic E-state index is 5.47. The third kappa shape index (κ3) is 4.11. The van der Waals surface area contributed by atoms with Crippen LogP contribution in [0.3, 0.4) is 0 Å². The summed E-state index contributed by atoms with van der Waals surface area (Å²) in [6.07, 6.45) is 6.98. The maximum Gasteiger partial charge on any atom is 0.176 e. The molecule has 0 amide bonds. The Labute approximate surface area is 132 Å². The lowest BCUT2D eigenvalue weighted by Crippen LogP contribution is -1.98. The number of terminal acetylenes is 1. The van der Waals surface area contributed by atoms with Crippen LogP contribution in [0, 0.1) is 12.3 Å². The van der Waals surface area contributed by atoms with Gasteiger partial charge in [0.2, 0.25) is 0 Å². The van der Waals surface area contributed by atoms with Gasteiger partial charge in [-0.15, -0.1) is 6.42 Å². The van der Waals surface area contributed by atoms with Crippen LogP contribution in [0.2, 0.25) is 0 Å². The fourth-order valence-corrected chi connectivity index (χ4v) is 2.31. The molecule has 0 fully saturated rings. The van der Waals surface area contributed by atoms with Crippen molar-refractivity contribution in [1.29, 1.82) is 0 Å². The first-order valence-electron chi connectivity index (χ1n) is 6.27. The molecule has 106 valence electrons. The van der Waals surface area contributed by atoms with E-state index in [1.165, 1.54) is 0 Å². The molecule has 0 unspecified atom stereocenters. The van der Waals surface area contributed by atoms with Gasteiger partial charge in [0.1, 0.15) is 6.61 Å². The van der Waals surface area contributed by atoms with Crippen LogP contribution in [-0.4, -0.2) is 19.9 Å². The van der Waals surface area contributed by atoms with Crippen LogP contribution in [-0.2, 0) is 0 Å². The van der Waals surface area contributed by atoms with Crippen LogP contribution in [0.5, 0.6) is 11.5 Å². The van der Waals surface area contributed by atoms with Crippen LogP contribution in [0.15, 0.2) is 51.9 Å². The molecule has 0 spiro atoms. The van der Waals surface area contributed by atoms with Gasteiger partial charge >= 0.3 is 0 Å². The molecule has 3 nitrogen and oxygen atoms in total. The average molecular weight is 344 g/mol. The first-order valence-corrected chi connectivity index (χ1v) is 7.07. The summed E-state index contributed by atoms with van der Waals surface area (Å²) in [6, 6.07) is 13.5. The summed E-state index contributed by atoms with van der Waals surface area (Å²) in [5.41, 5.74) is 1.79. The molecule has 0 heterocycles. The number of aliphatic imine (C=N–C) groups is 1. The summed E-state index contributed by atoms with van der Waals surface area (Å²) in [5, 5.41) is 0. The Balaban J connectivity index is 2.28. The quantitative estimate of drug-likeness (QED) is 0.601. The van der Waals surface area contributed by atoms with Gasteiger partial charge in [-0.25, -0.2) is 0 Å². The fraction of sp³-hybridized carbons (Fsp3) is 0.118. The number of benzene rings is 2. The number of para-hydroxylation sites is 1. The van der Waals surface area contributed by atoms with Gasteiger partial charge in [-0.1, -0.05) is 24.1 Å². The molecule has 0 aliphatic carbocycles. The van der Waals surface area contributed by atoms with Gasteiger partial charge in [-0.05, 0) is 45.8 Å². The van der Waals surface area contributed by atoms with Crippen LogP contribution >= 0.6 is 15.9 Å². The smallest absolute Gasteiger partial charge is 0.176 e. The van der Waals surface area contributed by atoms with Gasteiger partial charge < -0.3 is 9.47 Å². The lowest BCUT2D eigenvalue weighted by Gasteiger charge is -2.11. The summed E-state index contributed by atoms with van der Waals surface area (Å²) in [6.45, 7) is 0.187. The Hall–Kier alpha value is -2.25. The van der Waals surface area contributed by atoms with E-state index in [9.17, 15) is 0 Å². The highest BCUT2D eigenvalue weighted by Gasteiger charge is 2.10. The average Bonchev–Trinajstić information content (AvgIpc) is 2.52. The Morgan fingerprint density at radius 2 is 2.05 bits per heavy atom. The molecule has 0 aromatic heterocycles. The molecule has 21 heavy (non-hydrogen) atoms. The van der Waals surface area contributed by atoms with Gasteiger partial charge in [-0.2, -0.15) is 0 Å². The van der Waals surface area contributed by atoms with Gasteiger partial charge in [-0.3, -0.25) is 4.99 Å². The van der Waals surface area contributed by atoms with Crippen molar-refractivity contribution in [2.45, 2.75) is 0 Å². The van der Waals surface area contributed by atoms with Gasteiger partial charge in [0, 0.05) is 6.21 Å². The zero-order chi connectivity index (χ0) is 15.1. The number of hydrogen-bond donors (Lipinski definition) is 0. The minimum atomic E-state index is 0.187. The lowest BCUT2D eigenvalue weighted by atomic mass is 10.2. The molecule has 2 rings (SSSR count). The number of halogens is 1. The monoisotopic (exact) mass is 343 g/mol. The minimum absolute atomic E-state index is 0.187. The number of rotatable bonds is 5. The van der Waals surface area contributed by atoms with Gasteiger partial charge in [0.25, 0.3) is 0 Å². The highest BCUT2D eigenvalue weighted by Crippen LogP contribution is 2.36. The molecule has 0 N–H and O–H groups in total. The van der Waals surface area contributed by atoms with E-state index in [-0.39, 0.29) is 6.61 Å². The first kappa shape index (κ1) is 15.1. The van der Waals surface area contributed by atoms with Crippen molar-refractivity contribution < 1.29 is 9.47 Å². The predicted octanol–water partition coefficient (Wildman–Crippen LogP) is 4.22. The van der Waals surface area contributed by atoms with Crippen molar-refractivity contribution in [2.75, 3.05) is 13.7 Å². The topological polar surface area (TPSA) is 30.8 Å². The lowest BCUT2D eigenvalue weighted by molar-refractivity contribution is 0.329. The molecule has 0 atom stereocenters. The number of nitrogens with zero attached hydrogens (tertiary/aromatic N) is 1. The summed E-state index contributed by atoms with van der Waals surface area (Å²) in [7, 11) is 1.59. The third-order valence-corrected chi connectivity index (χ3v) is 3.26. The number of hydrogen-bond acceptors (Lipinski definition) is 3. The summed E-state index contributed by atoms with van der Waals surface area (Å²) >= 11 is 3.46. The van der Waals surface area contributed by atoms with Crippen LogP contribution in [0.4, 0.5) is 5.69 Å². The number of ether oxygens (including phenoxy) is 2. The van der Waals surface area contributed by atoms with Crippen molar-refractivity contribution in [2.24, 2.45) is 4.99 Å². The normalized spacial score (nSPS) is 10.3. The molecule has 0 saturated heterocycles. The van der Waals surface area contributed by atoms with E-state index in [1.807, 2.05) is 42.5 Å². The molecule has 2 aromatic rings. The Morgan fingerprint density at radius 1 is 1.29 bits per heavy atom. The van der Waals surface area contributed by atoms with Gasteiger partial charge in [0.15, 0.2) is 11.5 Å². The summed E-state index contributed by atoms with van der Waals surface area (Å²) in [5.74, 6) is 3.63. The summed E-state index contributed by atoms with van der Waals surface area (Å²) in [4.78, 5) is 4.41. The van der Waals surface area contributed by atoms with Crippen molar-refractivity contribution in [3.05, 3.63) is 52.5 Å². The zero-order valence-electron chi connectivity index (χ0n) is 11.5. The van der Waals surface area contributed by atoms with Crippen LogP contribution in [0.25, 0.3) is 0 Å². The molecule has 0 aliphatic rings. The maximum atomic E-state index is 5.47. The first-order chi connectivity index (χ1) is 10.2. The largest absolute Gasteiger partial charge is 0.493 e. The standard InChI is InChI=1S/C17H14BrNO2/c1-3-9-21-17-15(18)10-13(11-16(17)20-2)12-19-14-7-5-4-6-8-14/h1,4-8,10-12H,9H2,2H3. The highest BCUT2D eigenvalue weighted by molar-refractivity contribution is 9.10. The van der Waals surface area contributed by atoms with E-state index >= 15 is 0 Å². The molecule has 4 heteroatoms. The Morgan fingerprint density at radius 3 is 2.71 bits per heavy atom. The van der Waals surface area contributed by atoms with Gasteiger partial charge in [0.05, 0.1) is 17.3 Å². The summed E-state index contributed by atoms with van der Waals surface area (Å²) < 4.78 is 11.6. The predicted molar refractivity (Wildman–Crippen MR) is 88.7 cm³/mol.